The van der Waals surface area contributed by atoms with Gasteiger partial charge in [0, 0.05) is 16.2 Å². The van der Waals surface area contributed by atoms with Crippen molar-refractivity contribution in [1.82, 2.24) is 0 Å². The normalized spacial score (nSPS) is 11.4. The van der Waals surface area contributed by atoms with Crippen LogP contribution in [-0.4, -0.2) is 39.6 Å². The standard InChI is InChI=1S/C48H72O6/c1-7-13-21-31-49-40-30-29-39-37-27-19-20-28-38(37)42-43(41(39)44(40)50-32-22-14-8-2)46(52-34-24-16-10-4)48(54-36-26-18-12-6)47(53-35-25-17-11-5)45(42)51-33-23-15-9-3/h19-20,27-30H,7-18,21-26,31-36H2,1-6H3. The quantitative estimate of drug-likeness (QED) is 0.0391. The monoisotopic (exact) mass is 745 g/mol. The van der Waals surface area contributed by atoms with E-state index in [0.717, 1.165) is 171 Å². The Labute approximate surface area is 327 Å². The van der Waals surface area contributed by atoms with Crippen molar-refractivity contribution in [3.05, 3.63) is 36.4 Å². The van der Waals surface area contributed by atoms with Crippen molar-refractivity contribution in [1.29, 1.82) is 0 Å². The average Bonchev–Trinajstić information content (AvgIpc) is 3.19. The van der Waals surface area contributed by atoms with E-state index < -0.39 is 0 Å². The lowest BCUT2D eigenvalue weighted by atomic mass is 9.91. The van der Waals surface area contributed by atoms with Gasteiger partial charge in [0.15, 0.2) is 23.0 Å². The predicted molar refractivity (Wildman–Crippen MR) is 229 cm³/mol. The van der Waals surface area contributed by atoms with Crippen LogP contribution >= 0.6 is 0 Å². The van der Waals surface area contributed by atoms with Crippen molar-refractivity contribution >= 4 is 32.3 Å². The van der Waals surface area contributed by atoms with Gasteiger partial charge in [0.05, 0.1) is 39.6 Å². The first-order chi connectivity index (χ1) is 26.7. The van der Waals surface area contributed by atoms with Crippen LogP contribution in [0, 0.1) is 0 Å². The van der Waals surface area contributed by atoms with Crippen molar-refractivity contribution in [2.24, 2.45) is 0 Å². The molecule has 0 aliphatic heterocycles. The van der Waals surface area contributed by atoms with Gasteiger partial charge in [0.25, 0.3) is 0 Å². The zero-order valence-corrected chi connectivity index (χ0v) is 34.9. The number of rotatable bonds is 30. The molecule has 0 saturated heterocycles. The smallest absolute Gasteiger partial charge is 0.208 e. The van der Waals surface area contributed by atoms with E-state index in [0.29, 0.717) is 51.1 Å². The third-order valence-corrected chi connectivity index (χ3v) is 10.2. The number of hydrogen-bond acceptors (Lipinski definition) is 6. The van der Waals surface area contributed by atoms with E-state index in [-0.39, 0.29) is 0 Å². The molecule has 0 atom stereocenters. The Kier molecular flexibility index (Phi) is 19.8. The van der Waals surface area contributed by atoms with E-state index in [4.69, 9.17) is 28.4 Å². The summed E-state index contributed by atoms with van der Waals surface area (Å²) in [4.78, 5) is 0. The summed E-state index contributed by atoms with van der Waals surface area (Å²) in [5.41, 5.74) is 0. The molecule has 0 amide bonds. The van der Waals surface area contributed by atoms with E-state index in [2.05, 4.69) is 77.9 Å². The van der Waals surface area contributed by atoms with Crippen LogP contribution in [0.1, 0.15) is 157 Å². The maximum Gasteiger partial charge on any atom is 0.208 e. The number of unbranched alkanes of at least 4 members (excludes halogenated alkanes) is 12. The third-order valence-electron chi connectivity index (χ3n) is 10.2. The van der Waals surface area contributed by atoms with Crippen molar-refractivity contribution in [2.45, 2.75) is 157 Å². The van der Waals surface area contributed by atoms with Crippen LogP contribution in [0.25, 0.3) is 32.3 Å². The Morgan fingerprint density at radius 2 is 0.630 bits per heavy atom. The molecule has 0 bridgehead atoms. The fraction of sp³-hybridized carbons (Fsp3) is 0.625. The lowest BCUT2D eigenvalue weighted by Gasteiger charge is -2.26. The van der Waals surface area contributed by atoms with Crippen LogP contribution in [0.3, 0.4) is 0 Å². The molecule has 4 aromatic rings. The molecule has 6 heteroatoms. The van der Waals surface area contributed by atoms with Crippen molar-refractivity contribution in [2.75, 3.05) is 39.6 Å². The Morgan fingerprint density at radius 3 is 1.07 bits per heavy atom. The molecule has 6 nitrogen and oxygen atoms in total. The fourth-order valence-corrected chi connectivity index (χ4v) is 7.09. The summed E-state index contributed by atoms with van der Waals surface area (Å²) in [6.45, 7) is 16.9. The molecular formula is C48H72O6. The van der Waals surface area contributed by atoms with Crippen molar-refractivity contribution in [3.8, 4) is 34.5 Å². The molecule has 0 fully saturated rings. The predicted octanol–water partition coefficient (Wildman–Crippen LogP) is 14.6. The van der Waals surface area contributed by atoms with Crippen LogP contribution in [0.5, 0.6) is 34.5 Å². The van der Waals surface area contributed by atoms with Crippen LogP contribution in [0.15, 0.2) is 36.4 Å². The maximum atomic E-state index is 7.03. The third kappa shape index (κ3) is 11.7. The van der Waals surface area contributed by atoms with Gasteiger partial charge in [0.1, 0.15) is 0 Å². The van der Waals surface area contributed by atoms with Gasteiger partial charge in [-0.2, -0.15) is 0 Å². The summed E-state index contributed by atoms with van der Waals surface area (Å²) >= 11 is 0. The Hall–Kier alpha value is -3.54. The summed E-state index contributed by atoms with van der Waals surface area (Å²) in [5.74, 6) is 4.34. The average molecular weight is 745 g/mol. The van der Waals surface area contributed by atoms with Gasteiger partial charge in [-0.05, 0) is 66.8 Å². The second-order valence-corrected chi connectivity index (χ2v) is 14.8. The zero-order chi connectivity index (χ0) is 38.4. The molecular weight excluding hydrogens is 673 g/mol. The maximum absolute atomic E-state index is 7.03. The molecule has 0 aliphatic carbocycles. The number of hydrogen-bond donors (Lipinski definition) is 0. The molecule has 54 heavy (non-hydrogen) atoms. The molecule has 300 valence electrons. The van der Waals surface area contributed by atoms with Gasteiger partial charge >= 0.3 is 0 Å². The van der Waals surface area contributed by atoms with Gasteiger partial charge in [-0.1, -0.05) is 143 Å². The highest BCUT2D eigenvalue weighted by atomic mass is 16.6. The fourth-order valence-electron chi connectivity index (χ4n) is 7.09. The minimum atomic E-state index is 0.572. The van der Waals surface area contributed by atoms with E-state index >= 15 is 0 Å². The van der Waals surface area contributed by atoms with Gasteiger partial charge < -0.3 is 28.4 Å². The Balaban J connectivity index is 2.17. The Bertz CT molecular complexity index is 1640. The second-order valence-electron chi connectivity index (χ2n) is 14.8. The molecule has 0 unspecified atom stereocenters. The van der Waals surface area contributed by atoms with Crippen LogP contribution in [0.4, 0.5) is 0 Å². The van der Waals surface area contributed by atoms with Gasteiger partial charge in [-0.25, -0.2) is 0 Å². The summed E-state index contributed by atoms with van der Waals surface area (Å²) in [7, 11) is 0. The first kappa shape index (κ1) is 43.2. The highest BCUT2D eigenvalue weighted by Gasteiger charge is 2.30. The van der Waals surface area contributed by atoms with Crippen LogP contribution in [0.2, 0.25) is 0 Å². The van der Waals surface area contributed by atoms with E-state index in [9.17, 15) is 0 Å². The van der Waals surface area contributed by atoms with Gasteiger partial charge in [0.2, 0.25) is 11.5 Å². The van der Waals surface area contributed by atoms with E-state index in [1.54, 1.807) is 0 Å². The van der Waals surface area contributed by atoms with Crippen LogP contribution < -0.4 is 28.4 Å². The number of fused-ring (bicyclic) bond motifs is 6. The molecule has 0 heterocycles. The zero-order valence-electron chi connectivity index (χ0n) is 34.9. The van der Waals surface area contributed by atoms with Crippen LogP contribution in [-0.2, 0) is 0 Å². The Morgan fingerprint density at radius 1 is 0.296 bits per heavy atom. The lowest BCUT2D eigenvalue weighted by Crippen LogP contribution is -2.10. The molecule has 0 N–H and O–H groups in total. The van der Waals surface area contributed by atoms with E-state index in [1.165, 1.54) is 0 Å². The highest BCUT2D eigenvalue weighted by Crippen LogP contribution is 2.58. The largest absolute Gasteiger partial charge is 0.490 e. The first-order valence-electron chi connectivity index (χ1n) is 21.9. The molecule has 0 aromatic heterocycles. The van der Waals surface area contributed by atoms with Gasteiger partial charge in [-0.3, -0.25) is 0 Å². The molecule has 4 rings (SSSR count). The molecule has 0 radical (unpaired) electrons. The number of benzene rings is 4. The molecule has 0 aliphatic rings. The van der Waals surface area contributed by atoms with E-state index in [1.807, 2.05) is 0 Å². The molecule has 4 aromatic carbocycles. The summed E-state index contributed by atoms with van der Waals surface area (Å²) in [5, 5.41) is 6.30. The SMILES string of the molecule is CCCCCOc1ccc2c3ccccc3c3c(OCCCCC)c(OCCCCC)c(OCCCCC)c(OCCCCC)c3c2c1OCCCCC. The van der Waals surface area contributed by atoms with Crippen molar-refractivity contribution in [3.63, 3.8) is 0 Å². The minimum absolute atomic E-state index is 0.572. The summed E-state index contributed by atoms with van der Waals surface area (Å²) < 4.78 is 41.3. The molecule has 0 saturated carbocycles. The number of ether oxygens (including phenoxy) is 6. The highest BCUT2D eigenvalue weighted by molar-refractivity contribution is 6.31. The lowest BCUT2D eigenvalue weighted by molar-refractivity contribution is 0.223. The second kappa shape index (κ2) is 24.8. The molecule has 0 spiro atoms. The first-order valence-corrected chi connectivity index (χ1v) is 21.9. The summed E-state index contributed by atoms with van der Waals surface area (Å²) in [6.07, 6.45) is 19.1. The summed E-state index contributed by atoms with van der Waals surface area (Å²) in [6, 6.07) is 13.0. The topological polar surface area (TPSA) is 55.4 Å². The minimum Gasteiger partial charge on any atom is -0.490 e. The van der Waals surface area contributed by atoms with Gasteiger partial charge in [-0.15, -0.1) is 0 Å². The van der Waals surface area contributed by atoms with Crippen molar-refractivity contribution < 1.29 is 28.4 Å².